The number of carbonyl (C=O) groups is 1. The largest absolute Gasteiger partial charge is 0.361 e. The first-order valence-electron chi connectivity index (χ1n) is 4.76. The second-order valence-electron chi connectivity index (χ2n) is 3.41. The summed E-state index contributed by atoms with van der Waals surface area (Å²) in [6.45, 7) is 0. The molecule has 1 aromatic rings. The molecule has 0 spiro atoms. The molecule has 0 bridgehead atoms. The molecule has 0 fully saturated rings. The van der Waals surface area contributed by atoms with Gasteiger partial charge in [-0.2, -0.15) is 4.48 Å². The number of amides is 1. The summed E-state index contributed by atoms with van der Waals surface area (Å²) in [5, 5.41) is 0. The van der Waals surface area contributed by atoms with Gasteiger partial charge in [0.05, 0.1) is 5.56 Å². The zero-order chi connectivity index (χ0) is 11.6. The minimum Gasteiger partial charge on any atom is -0.224 e. The fourth-order valence-corrected chi connectivity index (χ4v) is 1.99. The van der Waals surface area contributed by atoms with Crippen LogP contribution >= 0.6 is 24.8 Å². The first-order valence-corrected chi connectivity index (χ1v) is 5.61. The number of hydrogen-bond acceptors (Lipinski definition) is 2. The number of nitrogens with zero attached hydrogens (tertiary/aromatic N) is 1. The van der Waals surface area contributed by atoms with E-state index in [4.69, 9.17) is 12.2 Å². The van der Waals surface area contributed by atoms with Crippen molar-refractivity contribution in [1.82, 2.24) is 0 Å². The van der Waals surface area contributed by atoms with Crippen molar-refractivity contribution < 1.29 is 9.28 Å². The predicted octanol–water partition coefficient (Wildman–Crippen LogP) is 2.90. The summed E-state index contributed by atoms with van der Waals surface area (Å²) < 4.78 is 0.196. The normalized spacial score (nSPS) is 16.3. The molecule has 0 aromatic heterocycles. The number of rotatable bonds is 1. The average molecular weight is 248 g/mol. The maximum absolute atomic E-state index is 12.3. The van der Waals surface area contributed by atoms with Gasteiger partial charge in [-0.05, 0) is 36.5 Å². The highest BCUT2D eigenvalue weighted by molar-refractivity contribution is 8.10. The van der Waals surface area contributed by atoms with Crippen molar-refractivity contribution in [3.8, 4) is 0 Å². The number of quaternary nitrogens is 1. The maximum atomic E-state index is 12.3. The van der Waals surface area contributed by atoms with Crippen LogP contribution in [0.25, 0.3) is 0 Å². The summed E-state index contributed by atoms with van der Waals surface area (Å²) in [6, 6.07) is 9.07. The number of thiocarbonyl (C=S) groups is 1. The van der Waals surface area contributed by atoms with E-state index in [-0.39, 0.29) is 10.4 Å². The number of allylic oxidation sites excluding steroid dienone is 2. The molecule has 0 saturated heterocycles. The van der Waals surface area contributed by atoms with Gasteiger partial charge in [-0.25, -0.2) is 4.79 Å². The minimum absolute atomic E-state index is 0.0920. The van der Waals surface area contributed by atoms with Crippen molar-refractivity contribution in [3.05, 3.63) is 60.4 Å². The lowest BCUT2D eigenvalue weighted by atomic mass is 10.2. The molecule has 1 aromatic carbocycles. The van der Waals surface area contributed by atoms with Gasteiger partial charge < -0.3 is 0 Å². The molecule has 0 atom stereocenters. The molecule has 16 heavy (non-hydrogen) atoms. The molecule has 1 amide bonds. The maximum Gasteiger partial charge on any atom is 0.361 e. The van der Waals surface area contributed by atoms with Gasteiger partial charge in [0, 0.05) is 0 Å². The van der Waals surface area contributed by atoms with Crippen molar-refractivity contribution in [3.63, 3.8) is 0 Å². The molecule has 0 unspecified atom stereocenters. The van der Waals surface area contributed by atoms with E-state index in [1.54, 1.807) is 36.7 Å². The topological polar surface area (TPSA) is 17.1 Å². The summed E-state index contributed by atoms with van der Waals surface area (Å²) in [7, 11) is 0. The third-order valence-electron chi connectivity index (χ3n) is 2.43. The van der Waals surface area contributed by atoms with Crippen molar-refractivity contribution in [2.45, 2.75) is 0 Å². The number of hydrogen-bond donors (Lipinski definition) is 1. The van der Waals surface area contributed by atoms with Crippen molar-refractivity contribution >= 4 is 35.1 Å². The van der Waals surface area contributed by atoms with E-state index in [9.17, 15) is 4.79 Å². The molecular weight excluding hydrogens is 238 g/mol. The molecule has 4 heteroatoms. The molecule has 0 saturated carbocycles. The van der Waals surface area contributed by atoms with Crippen LogP contribution in [0.3, 0.4) is 0 Å². The predicted molar refractivity (Wildman–Crippen MR) is 70.9 cm³/mol. The minimum atomic E-state index is -0.123. The third-order valence-corrected chi connectivity index (χ3v) is 3.06. The quantitative estimate of drug-likeness (QED) is 0.467. The highest BCUT2D eigenvalue weighted by Gasteiger charge is 2.38. The molecule has 1 heterocycles. The number of thiol groups is 1. The summed E-state index contributed by atoms with van der Waals surface area (Å²) in [5.41, 5.74) is 0.620. The molecular formula is C12H10NOS2+. The second-order valence-corrected chi connectivity index (χ2v) is 4.53. The second kappa shape index (κ2) is 4.33. The lowest BCUT2D eigenvalue weighted by molar-refractivity contribution is -0.626. The van der Waals surface area contributed by atoms with Crippen LogP contribution in [0.2, 0.25) is 0 Å². The SMILES string of the molecule is O=C(c1ccccc1)[N+]1(C(=S)S)C=CC=C1. The third kappa shape index (κ3) is 1.75. The van der Waals surface area contributed by atoms with Crippen molar-refractivity contribution in [1.29, 1.82) is 0 Å². The Balaban J connectivity index is 2.45. The van der Waals surface area contributed by atoms with E-state index in [1.165, 1.54) is 0 Å². The Morgan fingerprint density at radius 2 is 1.69 bits per heavy atom. The molecule has 1 aliphatic heterocycles. The van der Waals surface area contributed by atoms with E-state index in [0.717, 1.165) is 0 Å². The van der Waals surface area contributed by atoms with Gasteiger partial charge in [0.1, 0.15) is 12.4 Å². The zero-order valence-corrected chi connectivity index (χ0v) is 10.1. The van der Waals surface area contributed by atoms with Crippen LogP contribution in [0.5, 0.6) is 0 Å². The van der Waals surface area contributed by atoms with Crippen LogP contribution in [0.15, 0.2) is 54.9 Å². The monoisotopic (exact) mass is 248 g/mol. The highest BCUT2D eigenvalue weighted by Crippen LogP contribution is 2.24. The van der Waals surface area contributed by atoms with E-state index >= 15 is 0 Å². The van der Waals surface area contributed by atoms with Crippen LogP contribution in [0.1, 0.15) is 10.4 Å². The van der Waals surface area contributed by atoms with Gasteiger partial charge in [-0.15, -0.1) is 0 Å². The van der Waals surface area contributed by atoms with Gasteiger partial charge in [0.15, 0.2) is 0 Å². The van der Waals surface area contributed by atoms with Crippen LogP contribution in [-0.4, -0.2) is 14.7 Å². The van der Waals surface area contributed by atoms with Crippen LogP contribution in [-0.2, 0) is 0 Å². The Labute approximate surface area is 105 Å². The molecule has 0 N–H and O–H groups in total. The fourth-order valence-electron chi connectivity index (χ4n) is 1.56. The Morgan fingerprint density at radius 3 is 2.19 bits per heavy atom. The smallest absolute Gasteiger partial charge is 0.224 e. The van der Waals surface area contributed by atoms with E-state index in [1.807, 2.05) is 18.2 Å². The van der Waals surface area contributed by atoms with E-state index in [2.05, 4.69) is 12.6 Å². The summed E-state index contributed by atoms with van der Waals surface area (Å²) >= 11 is 9.21. The van der Waals surface area contributed by atoms with Gasteiger partial charge in [0.2, 0.25) is 4.32 Å². The first-order chi connectivity index (χ1) is 7.67. The molecule has 1 aliphatic rings. The lowest BCUT2D eigenvalue weighted by Crippen LogP contribution is -2.44. The van der Waals surface area contributed by atoms with Gasteiger partial charge in [-0.1, -0.05) is 30.8 Å². The molecule has 0 aliphatic carbocycles. The molecule has 2 rings (SSSR count). The fraction of sp³-hybridized carbons (Fsp3) is 0. The zero-order valence-electron chi connectivity index (χ0n) is 8.41. The number of benzene rings is 1. The van der Waals surface area contributed by atoms with Gasteiger partial charge >= 0.3 is 5.91 Å². The summed E-state index contributed by atoms with van der Waals surface area (Å²) in [5.74, 6) is -0.0920. The average Bonchev–Trinajstić information content (AvgIpc) is 2.79. The van der Waals surface area contributed by atoms with Crippen LogP contribution in [0.4, 0.5) is 0 Å². The van der Waals surface area contributed by atoms with E-state index in [0.29, 0.717) is 9.88 Å². The van der Waals surface area contributed by atoms with Gasteiger partial charge in [-0.3, -0.25) is 0 Å². The van der Waals surface area contributed by atoms with Gasteiger partial charge in [0.25, 0.3) is 0 Å². The van der Waals surface area contributed by atoms with Crippen molar-refractivity contribution in [2.75, 3.05) is 0 Å². The Bertz CT molecular complexity index is 479. The van der Waals surface area contributed by atoms with Crippen LogP contribution in [0, 0.1) is 0 Å². The highest BCUT2D eigenvalue weighted by atomic mass is 32.1. The summed E-state index contributed by atoms with van der Waals surface area (Å²) in [4.78, 5) is 12.3. The lowest BCUT2D eigenvalue weighted by Gasteiger charge is -2.22. The van der Waals surface area contributed by atoms with Crippen LogP contribution < -0.4 is 0 Å². The Hall–Kier alpha value is -1.23. The first kappa shape index (κ1) is 11.3. The Kier molecular flexibility index (Phi) is 3.05. The Morgan fingerprint density at radius 1 is 1.12 bits per heavy atom. The number of carbonyl (C=O) groups excluding carboxylic acids is 1. The van der Waals surface area contributed by atoms with E-state index < -0.39 is 0 Å². The summed E-state index contributed by atoms with van der Waals surface area (Å²) in [6.07, 6.45) is 7.04. The molecule has 80 valence electrons. The standard InChI is InChI=1S/C12H9NOS2/c14-11(10-6-2-1-3-7-10)13(12(15)16)8-4-5-9-13/h1-9H/p+1. The van der Waals surface area contributed by atoms with Crippen molar-refractivity contribution in [2.24, 2.45) is 0 Å². The molecule has 2 nitrogen and oxygen atoms in total. The molecule has 0 radical (unpaired) electrons.